The lowest BCUT2D eigenvalue weighted by atomic mass is 10.0. The van der Waals surface area contributed by atoms with Crippen molar-refractivity contribution < 1.29 is 14.7 Å². The Morgan fingerprint density at radius 3 is 2.62 bits per heavy atom. The van der Waals surface area contributed by atoms with E-state index in [1.807, 2.05) is 29.2 Å². The van der Waals surface area contributed by atoms with Gasteiger partial charge in [-0.1, -0.05) is 29.4 Å². The highest BCUT2D eigenvalue weighted by Crippen LogP contribution is 2.19. The standard InChI is InChI=1S/C19H26N4O3/c1-14(20)15-3-5-16(6-4-15)18-11-17(26-21-18)12-22-7-2-8-23(10-9-22)13-19(24)25/h3-6,17,20H,2,7-13H2,1H3,(H,24,25)/t17-/m0/s1. The van der Waals surface area contributed by atoms with Crippen LogP contribution in [-0.4, -0.2) is 77.7 Å². The molecule has 0 amide bonds. The van der Waals surface area contributed by atoms with Gasteiger partial charge in [-0.3, -0.25) is 14.6 Å². The number of hydrogen-bond acceptors (Lipinski definition) is 6. The molecule has 2 N–H and O–H groups in total. The van der Waals surface area contributed by atoms with Gasteiger partial charge in [0.25, 0.3) is 0 Å². The Bertz CT molecular complexity index is 687. The fourth-order valence-corrected chi connectivity index (χ4v) is 3.45. The van der Waals surface area contributed by atoms with Crippen molar-refractivity contribution in [3.8, 4) is 0 Å². The SMILES string of the molecule is CC(=N)c1ccc(C2=NO[C@H](CN3CCCN(CC(=O)O)CC3)C2)cc1. The van der Waals surface area contributed by atoms with Crippen LogP contribution in [0, 0.1) is 5.41 Å². The molecule has 1 atom stereocenters. The minimum Gasteiger partial charge on any atom is -0.480 e. The second kappa shape index (κ2) is 8.42. The molecule has 0 bridgehead atoms. The molecule has 26 heavy (non-hydrogen) atoms. The first-order chi connectivity index (χ1) is 12.5. The zero-order valence-electron chi connectivity index (χ0n) is 15.1. The van der Waals surface area contributed by atoms with Gasteiger partial charge in [-0.05, 0) is 31.0 Å². The largest absolute Gasteiger partial charge is 0.480 e. The van der Waals surface area contributed by atoms with E-state index >= 15 is 0 Å². The summed E-state index contributed by atoms with van der Waals surface area (Å²) in [4.78, 5) is 20.8. The van der Waals surface area contributed by atoms with Crippen LogP contribution in [-0.2, 0) is 9.63 Å². The van der Waals surface area contributed by atoms with E-state index in [-0.39, 0.29) is 12.6 Å². The zero-order valence-corrected chi connectivity index (χ0v) is 15.1. The highest BCUT2D eigenvalue weighted by Gasteiger charge is 2.26. The quantitative estimate of drug-likeness (QED) is 0.755. The van der Waals surface area contributed by atoms with Crippen molar-refractivity contribution in [1.29, 1.82) is 5.41 Å². The fraction of sp³-hybridized carbons (Fsp3) is 0.526. The van der Waals surface area contributed by atoms with Crippen molar-refractivity contribution in [2.75, 3.05) is 39.3 Å². The van der Waals surface area contributed by atoms with Crippen molar-refractivity contribution in [2.24, 2.45) is 5.16 Å². The van der Waals surface area contributed by atoms with E-state index in [1.54, 1.807) is 6.92 Å². The molecule has 1 fully saturated rings. The third-order valence-electron chi connectivity index (χ3n) is 4.89. The second-order valence-electron chi connectivity index (χ2n) is 7.00. The zero-order chi connectivity index (χ0) is 18.5. The molecule has 3 rings (SSSR count). The van der Waals surface area contributed by atoms with E-state index in [1.165, 1.54) is 0 Å². The highest BCUT2D eigenvalue weighted by atomic mass is 16.6. The lowest BCUT2D eigenvalue weighted by molar-refractivity contribution is -0.138. The van der Waals surface area contributed by atoms with Crippen LogP contribution >= 0.6 is 0 Å². The molecule has 0 saturated carbocycles. The van der Waals surface area contributed by atoms with Crippen molar-refractivity contribution >= 4 is 17.4 Å². The molecule has 2 heterocycles. The summed E-state index contributed by atoms with van der Waals surface area (Å²) in [7, 11) is 0. The number of oxime groups is 1. The molecule has 1 saturated heterocycles. The van der Waals surface area contributed by atoms with Crippen LogP contribution in [0.5, 0.6) is 0 Å². The van der Waals surface area contributed by atoms with E-state index in [0.717, 1.165) is 62.4 Å². The molecule has 2 aliphatic rings. The number of benzene rings is 1. The van der Waals surface area contributed by atoms with Crippen molar-refractivity contribution in [2.45, 2.75) is 25.9 Å². The van der Waals surface area contributed by atoms with Crippen molar-refractivity contribution in [3.05, 3.63) is 35.4 Å². The third-order valence-corrected chi connectivity index (χ3v) is 4.89. The van der Waals surface area contributed by atoms with Crippen LogP contribution in [0.4, 0.5) is 0 Å². The molecule has 0 aliphatic carbocycles. The van der Waals surface area contributed by atoms with E-state index in [2.05, 4.69) is 10.1 Å². The topological polar surface area (TPSA) is 89.2 Å². The van der Waals surface area contributed by atoms with Crippen molar-refractivity contribution in [1.82, 2.24) is 9.80 Å². The molecule has 0 radical (unpaired) electrons. The Morgan fingerprint density at radius 1 is 1.23 bits per heavy atom. The summed E-state index contributed by atoms with van der Waals surface area (Å²) in [5, 5.41) is 20.9. The average molecular weight is 358 g/mol. The fourth-order valence-electron chi connectivity index (χ4n) is 3.45. The number of rotatable bonds is 6. The van der Waals surface area contributed by atoms with Crippen LogP contribution in [0.1, 0.15) is 30.9 Å². The molecule has 0 unspecified atom stereocenters. The van der Waals surface area contributed by atoms with Crippen LogP contribution in [0.2, 0.25) is 0 Å². The Labute approximate surface area is 153 Å². The molecular weight excluding hydrogens is 332 g/mol. The van der Waals surface area contributed by atoms with Gasteiger partial charge >= 0.3 is 5.97 Å². The number of hydrogen-bond donors (Lipinski definition) is 2. The molecular formula is C19H26N4O3. The van der Waals surface area contributed by atoms with Crippen molar-refractivity contribution in [3.63, 3.8) is 0 Å². The third kappa shape index (κ3) is 4.89. The van der Waals surface area contributed by atoms with Crippen LogP contribution in [0.25, 0.3) is 0 Å². The van der Waals surface area contributed by atoms with E-state index in [9.17, 15) is 4.79 Å². The van der Waals surface area contributed by atoms with Gasteiger partial charge in [0.05, 0.1) is 12.3 Å². The summed E-state index contributed by atoms with van der Waals surface area (Å²) in [6.07, 6.45) is 1.79. The van der Waals surface area contributed by atoms with Crippen LogP contribution < -0.4 is 0 Å². The molecule has 1 aromatic rings. The predicted octanol–water partition coefficient (Wildman–Crippen LogP) is 1.66. The number of aliphatic carboxylic acids is 1. The van der Waals surface area contributed by atoms with E-state index in [0.29, 0.717) is 5.71 Å². The monoisotopic (exact) mass is 358 g/mol. The second-order valence-corrected chi connectivity index (χ2v) is 7.00. The number of carboxylic acids is 1. The first-order valence-corrected chi connectivity index (χ1v) is 9.06. The molecule has 0 aromatic heterocycles. The summed E-state index contributed by atoms with van der Waals surface area (Å²) < 4.78 is 0. The molecule has 140 valence electrons. The number of carbonyl (C=O) groups is 1. The maximum atomic E-state index is 10.9. The predicted molar refractivity (Wildman–Crippen MR) is 100 cm³/mol. The van der Waals surface area contributed by atoms with Gasteiger partial charge in [-0.15, -0.1) is 0 Å². The van der Waals surface area contributed by atoms with Gasteiger partial charge in [0.2, 0.25) is 0 Å². The molecule has 7 heteroatoms. The Morgan fingerprint density at radius 2 is 1.92 bits per heavy atom. The number of carboxylic acid groups (broad SMARTS) is 1. The van der Waals surface area contributed by atoms with E-state index < -0.39 is 5.97 Å². The molecule has 0 spiro atoms. The summed E-state index contributed by atoms with van der Waals surface area (Å²) in [6.45, 7) is 6.12. The van der Waals surface area contributed by atoms with Crippen LogP contribution in [0.15, 0.2) is 29.4 Å². The van der Waals surface area contributed by atoms with E-state index in [4.69, 9.17) is 15.4 Å². The van der Waals surface area contributed by atoms with Gasteiger partial charge in [-0.2, -0.15) is 0 Å². The molecule has 7 nitrogen and oxygen atoms in total. The smallest absolute Gasteiger partial charge is 0.317 e. The first-order valence-electron chi connectivity index (χ1n) is 9.06. The highest BCUT2D eigenvalue weighted by molar-refractivity contribution is 6.02. The van der Waals surface area contributed by atoms with Gasteiger partial charge in [0, 0.05) is 38.3 Å². The summed E-state index contributed by atoms with van der Waals surface area (Å²) in [5.74, 6) is -0.764. The minimum absolute atomic E-state index is 0.0418. The summed E-state index contributed by atoms with van der Waals surface area (Å²) >= 11 is 0. The first kappa shape index (κ1) is 18.5. The molecule has 2 aliphatic heterocycles. The van der Waals surface area contributed by atoms with Gasteiger partial charge < -0.3 is 15.4 Å². The minimum atomic E-state index is -0.764. The normalized spacial score (nSPS) is 21.7. The lowest BCUT2D eigenvalue weighted by Crippen LogP contribution is -2.37. The molecule has 1 aromatic carbocycles. The summed E-state index contributed by atoms with van der Waals surface area (Å²) in [5.41, 5.74) is 3.46. The average Bonchev–Trinajstić information content (AvgIpc) is 2.96. The Balaban J connectivity index is 1.49. The number of nitrogens with one attached hydrogen (secondary N) is 1. The maximum Gasteiger partial charge on any atom is 0.317 e. The van der Waals surface area contributed by atoms with Crippen LogP contribution in [0.3, 0.4) is 0 Å². The maximum absolute atomic E-state index is 10.9. The van der Waals surface area contributed by atoms with Gasteiger partial charge in [0.15, 0.2) is 0 Å². The Hall–Kier alpha value is -2.25. The number of nitrogens with zero attached hydrogens (tertiary/aromatic N) is 3. The summed E-state index contributed by atoms with van der Waals surface area (Å²) in [6, 6.07) is 7.88. The van der Waals surface area contributed by atoms with Gasteiger partial charge in [-0.25, -0.2) is 0 Å². The van der Waals surface area contributed by atoms with Gasteiger partial charge in [0.1, 0.15) is 6.10 Å². The Kier molecular flexibility index (Phi) is 6.00. The lowest BCUT2D eigenvalue weighted by Gasteiger charge is -2.22.